The molecule has 1 N–H and O–H groups in total. The molecule has 40 heavy (non-hydrogen) atoms. The van der Waals surface area contributed by atoms with E-state index in [4.69, 9.17) is 17.2 Å². The summed E-state index contributed by atoms with van der Waals surface area (Å²) in [6, 6.07) is 45.6. The second-order valence-electron chi connectivity index (χ2n) is 12.0. The molecule has 5 heteroatoms. The standard InChI is InChI=1S/C13H9.C12H11Si.C10H14N.2ClH.Hf/c1-3-7-12-10(5-1)9-11-6-2-4-8-13(11)12;1-3-7-11(8-4-1)13-12-9-5-2-6-10-12;1-10(2,3)8-5-4-6-9(11)7-8;;;/h1-5,7-8H,9H2;1-10,13H;4-7,11H,1-3H3;2*1H;/q;;-1;;;+3/p-2. The van der Waals surface area contributed by atoms with E-state index in [1.54, 1.807) is 0 Å². The Balaban J connectivity index is 1.64. The molecule has 0 spiro atoms. The Kier molecular flexibility index (Phi) is 7.24. The summed E-state index contributed by atoms with van der Waals surface area (Å²) in [7, 11) is 16.8. The third-order valence-corrected chi connectivity index (χ3v) is 56.7. The van der Waals surface area contributed by atoms with Gasteiger partial charge in [-0.25, -0.2) is 0 Å². The molecule has 0 fully saturated rings. The van der Waals surface area contributed by atoms with Gasteiger partial charge in [-0.15, -0.1) is 0 Å². The molecule has 1 nitrogen and oxygen atoms in total. The molecule has 1 aliphatic carbocycles. The van der Waals surface area contributed by atoms with Gasteiger partial charge in [-0.1, -0.05) is 0 Å². The molecule has 0 saturated heterocycles. The number of rotatable bonds is 6. The molecule has 5 aromatic rings. The van der Waals surface area contributed by atoms with Gasteiger partial charge in [-0.05, 0) is 0 Å². The molecule has 6 rings (SSSR count). The zero-order valence-electron chi connectivity index (χ0n) is 23.2. The predicted octanol–water partition coefficient (Wildman–Crippen LogP) is 7.74. The Morgan fingerprint density at radius 1 is 0.650 bits per heavy atom. The molecule has 0 amide bonds. The van der Waals surface area contributed by atoms with Crippen molar-refractivity contribution in [2.75, 3.05) is 3.30 Å². The molecule has 0 aromatic heterocycles. The van der Waals surface area contributed by atoms with Crippen LogP contribution in [0.3, 0.4) is 0 Å². The SMILES string of the molecule is CC(C)(C)c1cccc([NH][Hf]([Cl])([Cl])([c]2cccc3c2Cc2ccccc2-3)[SiH](c2ccccc2)c2ccccc2)c1. The van der Waals surface area contributed by atoms with Crippen molar-refractivity contribution >= 4 is 42.5 Å². The van der Waals surface area contributed by atoms with Crippen molar-refractivity contribution in [3.63, 3.8) is 0 Å². The summed E-state index contributed by atoms with van der Waals surface area (Å²) >= 11 is -5.37. The Bertz CT molecular complexity index is 1640. The summed E-state index contributed by atoms with van der Waals surface area (Å²) in [6.07, 6.45) is 0.849. The zero-order chi connectivity index (χ0) is 28.0. The maximum absolute atomic E-state index is 8.42. The van der Waals surface area contributed by atoms with Crippen molar-refractivity contribution < 1.29 is 15.6 Å². The normalized spacial score (nSPS) is 13.8. The Morgan fingerprint density at radius 2 is 1.23 bits per heavy atom. The van der Waals surface area contributed by atoms with E-state index in [2.05, 4.69) is 151 Å². The van der Waals surface area contributed by atoms with Crippen LogP contribution in [0.15, 0.2) is 127 Å². The van der Waals surface area contributed by atoms with Gasteiger partial charge in [-0.2, -0.15) is 0 Å². The van der Waals surface area contributed by atoms with E-state index in [1.807, 2.05) is 0 Å². The van der Waals surface area contributed by atoms with Crippen LogP contribution in [0.25, 0.3) is 11.1 Å². The van der Waals surface area contributed by atoms with Crippen LogP contribution < -0.4 is 17.0 Å². The van der Waals surface area contributed by atoms with Crippen LogP contribution in [-0.4, -0.2) is 5.98 Å². The first kappa shape index (κ1) is 27.7. The molecule has 0 heterocycles. The number of anilines is 1. The molecule has 0 unspecified atom stereocenters. The number of benzene rings is 5. The number of hydrogen-bond donors (Lipinski definition) is 1. The van der Waals surface area contributed by atoms with E-state index in [9.17, 15) is 0 Å². The van der Waals surface area contributed by atoms with Crippen LogP contribution in [0, 0.1) is 0 Å². The molecule has 0 saturated carbocycles. The fraction of sp³-hybridized carbons (Fsp3) is 0.143. The second-order valence-corrected chi connectivity index (χ2v) is 60.9. The Labute approximate surface area is 247 Å². The van der Waals surface area contributed by atoms with Crippen LogP contribution in [0.1, 0.15) is 37.5 Å². The van der Waals surface area contributed by atoms with Crippen molar-refractivity contribution in [2.45, 2.75) is 32.6 Å². The average molecular weight is 746 g/mol. The molecule has 0 aliphatic heterocycles. The molecular formula is C35H34Cl2HfNSi. The minimum absolute atomic E-state index is 0.00798. The van der Waals surface area contributed by atoms with Gasteiger partial charge >= 0.3 is 249 Å². The quantitative estimate of drug-likeness (QED) is 0.172. The second kappa shape index (κ2) is 10.4. The average Bonchev–Trinajstić information content (AvgIpc) is 3.33. The van der Waals surface area contributed by atoms with Crippen molar-refractivity contribution in [1.29, 1.82) is 0 Å². The Hall–Kier alpha value is -2.43. The van der Waals surface area contributed by atoms with E-state index in [0.717, 1.165) is 15.4 Å². The van der Waals surface area contributed by atoms with Crippen molar-refractivity contribution in [2.24, 2.45) is 0 Å². The molecule has 1 aliphatic rings. The van der Waals surface area contributed by atoms with E-state index in [-0.39, 0.29) is 5.41 Å². The van der Waals surface area contributed by atoms with Gasteiger partial charge in [-0.3, -0.25) is 0 Å². The first-order valence-corrected chi connectivity index (χ1v) is 34.4. The molecule has 201 valence electrons. The molecule has 0 radical (unpaired) electrons. The summed E-state index contributed by atoms with van der Waals surface area (Å²) < 4.78 is 5.18. The molecule has 5 aromatic carbocycles. The summed E-state index contributed by atoms with van der Waals surface area (Å²) in [5.41, 5.74) is 7.44. The monoisotopic (exact) mass is 746 g/mol. The fourth-order valence-electron chi connectivity index (χ4n) is 6.28. The van der Waals surface area contributed by atoms with Crippen molar-refractivity contribution in [1.82, 2.24) is 0 Å². The van der Waals surface area contributed by atoms with E-state index in [1.165, 1.54) is 38.2 Å². The molecule has 0 atom stereocenters. The van der Waals surface area contributed by atoms with Gasteiger partial charge in [0.15, 0.2) is 0 Å². The van der Waals surface area contributed by atoms with Gasteiger partial charge < -0.3 is 0 Å². The number of hydrogen-bond acceptors (Lipinski definition) is 1. The maximum atomic E-state index is 8.42. The van der Waals surface area contributed by atoms with E-state index >= 15 is 0 Å². The summed E-state index contributed by atoms with van der Waals surface area (Å²) in [5.74, 6) is -2.24. The van der Waals surface area contributed by atoms with Crippen molar-refractivity contribution in [3.05, 3.63) is 144 Å². The van der Waals surface area contributed by atoms with Gasteiger partial charge in [0.25, 0.3) is 0 Å². The Morgan fingerprint density at radius 3 is 1.88 bits per heavy atom. The predicted molar refractivity (Wildman–Crippen MR) is 174 cm³/mol. The van der Waals surface area contributed by atoms with Gasteiger partial charge in [0.2, 0.25) is 0 Å². The zero-order valence-corrected chi connectivity index (χ0v) is 29.4. The summed E-state index contributed by atoms with van der Waals surface area (Å²) in [5, 5.41) is 2.53. The number of halogens is 2. The topological polar surface area (TPSA) is 12.0 Å². The van der Waals surface area contributed by atoms with Crippen LogP contribution >= 0.6 is 17.2 Å². The summed E-state index contributed by atoms with van der Waals surface area (Å²) in [4.78, 5) is 0. The van der Waals surface area contributed by atoms with Gasteiger partial charge in [0.05, 0.1) is 0 Å². The third kappa shape index (κ3) is 4.96. The van der Waals surface area contributed by atoms with Crippen molar-refractivity contribution in [3.8, 4) is 11.1 Å². The first-order chi connectivity index (χ1) is 19.1. The minimum atomic E-state index is -5.37. The third-order valence-electron chi connectivity index (χ3n) is 8.22. The van der Waals surface area contributed by atoms with E-state index < -0.39 is 21.6 Å². The van der Waals surface area contributed by atoms with Crippen LogP contribution in [0.4, 0.5) is 5.69 Å². The molecule has 0 bridgehead atoms. The summed E-state index contributed by atoms with van der Waals surface area (Å²) in [6.45, 7) is 6.73. The van der Waals surface area contributed by atoms with Crippen LogP contribution in [-0.2, 0) is 27.4 Å². The first-order valence-electron chi connectivity index (χ1n) is 13.9. The number of fused-ring (bicyclic) bond motifs is 3. The van der Waals surface area contributed by atoms with Gasteiger partial charge in [0, 0.05) is 0 Å². The van der Waals surface area contributed by atoms with Gasteiger partial charge in [0.1, 0.15) is 0 Å². The molecular weight excluding hydrogens is 712 g/mol. The number of nitrogens with one attached hydrogen (secondary N) is 1. The van der Waals surface area contributed by atoms with Crippen LogP contribution in [0.2, 0.25) is 0 Å². The van der Waals surface area contributed by atoms with E-state index in [0.29, 0.717) is 0 Å². The fourth-order valence-corrected chi connectivity index (χ4v) is 59.0. The van der Waals surface area contributed by atoms with Crippen LogP contribution in [0.5, 0.6) is 0 Å².